The smallest absolute Gasteiger partial charge is 0.157 e. The molecular formula is C42H78O6. The number of allylic oxidation sites excluding steroid dienone is 4. The summed E-state index contributed by atoms with van der Waals surface area (Å²) in [6.45, 7) is 7.30. The highest BCUT2D eigenvalue weighted by atomic mass is 16.5. The summed E-state index contributed by atoms with van der Waals surface area (Å²) in [5.41, 5.74) is -6.91. The highest BCUT2D eigenvalue weighted by Gasteiger charge is 2.62. The molecule has 6 heteroatoms. The molecule has 0 saturated heterocycles. The van der Waals surface area contributed by atoms with Crippen LogP contribution in [0.3, 0.4) is 0 Å². The van der Waals surface area contributed by atoms with E-state index in [0.29, 0.717) is 19.3 Å². The third kappa shape index (κ3) is 18.5. The lowest BCUT2D eigenvalue weighted by Gasteiger charge is -2.50. The highest BCUT2D eigenvalue weighted by molar-refractivity contribution is 5.33. The molecule has 4 unspecified atom stereocenters. The van der Waals surface area contributed by atoms with E-state index in [1.165, 1.54) is 63.0 Å². The fraction of sp³-hybridized carbons (Fsp3) is 0.810. The molecule has 48 heavy (non-hydrogen) atoms. The Labute approximate surface area is 296 Å². The first-order valence-electron chi connectivity index (χ1n) is 20.0. The first kappa shape index (κ1) is 46.6. The molecule has 0 saturated carbocycles. The maximum Gasteiger partial charge on any atom is 0.157 e. The van der Waals surface area contributed by atoms with Crippen LogP contribution in [-0.2, 0) is 4.74 Å². The first-order chi connectivity index (χ1) is 23.3. The minimum atomic E-state index is -2.41. The lowest BCUT2D eigenvalue weighted by atomic mass is 9.67. The number of hydrogen-bond acceptors (Lipinski definition) is 6. The normalized spacial score (nSPS) is 17.0. The molecule has 0 fully saturated rings. The van der Waals surface area contributed by atoms with E-state index < -0.39 is 36.1 Å². The molecule has 282 valence electrons. The highest BCUT2D eigenvalue weighted by Crippen LogP contribution is 2.41. The maximum absolute atomic E-state index is 12.6. The van der Waals surface area contributed by atoms with Crippen molar-refractivity contribution in [3.63, 3.8) is 0 Å². The Morgan fingerprint density at radius 1 is 0.479 bits per heavy atom. The van der Waals surface area contributed by atoms with Crippen LogP contribution < -0.4 is 0 Å². The summed E-state index contributed by atoms with van der Waals surface area (Å²) in [5.74, 6) is 0. The molecule has 0 aromatic heterocycles. The maximum atomic E-state index is 12.6. The van der Waals surface area contributed by atoms with Gasteiger partial charge in [0.1, 0.15) is 5.60 Å². The molecule has 4 atom stereocenters. The van der Waals surface area contributed by atoms with Crippen molar-refractivity contribution >= 4 is 0 Å². The van der Waals surface area contributed by atoms with Crippen molar-refractivity contribution in [3.8, 4) is 0 Å². The summed E-state index contributed by atoms with van der Waals surface area (Å²) >= 11 is 0. The summed E-state index contributed by atoms with van der Waals surface area (Å²) in [4.78, 5) is 0. The van der Waals surface area contributed by atoms with Gasteiger partial charge in [-0.1, -0.05) is 161 Å². The summed E-state index contributed by atoms with van der Waals surface area (Å²) < 4.78 is 5.99. The number of unbranched alkanes of at least 4 members (excludes halogenated alkanes) is 20. The Bertz CT molecular complexity index is 838. The summed E-state index contributed by atoms with van der Waals surface area (Å²) in [6, 6.07) is 0. The summed E-state index contributed by atoms with van der Waals surface area (Å²) in [6.07, 6.45) is 36.7. The van der Waals surface area contributed by atoms with Gasteiger partial charge in [-0.25, -0.2) is 0 Å². The predicted octanol–water partition coefficient (Wildman–Crippen LogP) is 10.2. The Kier molecular flexibility index (Phi) is 29.5. The van der Waals surface area contributed by atoms with Crippen molar-refractivity contribution in [2.45, 2.75) is 205 Å². The second-order valence-corrected chi connectivity index (χ2v) is 13.9. The van der Waals surface area contributed by atoms with Crippen molar-refractivity contribution in [3.05, 3.63) is 48.8 Å². The molecule has 0 radical (unpaired) electrons. The van der Waals surface area contributed by atoms with Crippen LogP contribution in [0.2, 0.25) is 0 Å². The van der Waals surface area contributed by atoms with Crippen molar-refractivity contribution in [1.82, 2.24) is 0 Å². The van der Waals surface area contributed by atoms with Gasteiger partial charge in [-0.15, -0.1) is 0 Å². The first-order valence-corrected chi connectivity index (χ1v) is 20.0. The van der Waals surface area contributed by atoms with Crippen molar-refractivity contribution in [2.75, 3.05) is 13.2 Å². The molecule has 0 aliphatic carbocycles. The van der Waals surface area contributed by atoms with E-state index in [2.05, 4.69) is 27.7 Å². The third-order valence-corrected chi connectivity index (χ3v) is 9.53. The fourth-order valence-corrected chi connectivity index (χ4v) is 6.17. The minimum Gasteiger partial charge on any atom is -0.492 e. The average molecular weight is 679 g/mol. The van der Waals surface area contributed by atoms with Gasteiger partial charge in [0.25, 0.3) is 0 Å². The van der Waals surface area contributed by atoms with E-state index in [1.807, 2.05) is 12.2 Å². The van der Waals surface area contributed by atoms with E-state index in [9.17, 15) is 25.5 Å². The molecule has 0 aromatic rings. The zero-order chi connectivity index (χ0) is 35.8. The van der Waals surface area contributed by atoms with Crippen LogP contribution >= 0.6 is 0 Å². The zero-order valence-electron chi connectivity index (χ0n) is 31.7. The van der Waals surface area contributed by atoms with Crippen LogP contribution in [0, 0.1) is 0 Å². The molecule has 0 aromatic carbocycles. The van der Waals surface area contributed by atoms with Gasteiger partial charge in [0.15, 0.2) is 17.3 Å². The Morgan fingerprint density at radius 3 is 1.25 bits per heavy atom. The van der Waals surface area contributed by atoms with Crippen LogP contribution in [0.5, 0.6) is 0 Å². The van der Waals surface area contributed by atoms with Gasteiger partial charge in [0.05, 0.1) is 19.5 Å². The molecule has 0 bridgehead atoms. The van der Waals surface area contributed by atoms with Gasteiger partial charge in [-0.2, -0.15) is 0 Å². The van der Waals surface area contributed by atoms with E-state index in [-0.39, 0.29) is 0 Å². The Hall–Kier alpha value is -1.44. The molecule has 0 aliphatic rings. The van der Waals surface area contributed by atoms with Crippen LogP contribution in [0.1, 0.15) is 182 Å². The Morgan fingerprint density at radius 2 is 0.854 bits per heavy atom. The topological polar surface area (TPSA) is 110 Å². The fourth-order valence-electron chi connectivity index (χ4n) is 6.17. The lowest BCUT2D eigenvalue weighted by Crippen LogP contribution is -2.71. The van der Waals surface area contributed by atoms with E-state index in [4.69, 9.17) is 4.74 Å². The van der Waals surface area contributed by atoms with Crippen molar-refractivity contribution in [2.24, 2.45) is 0 Å². The molecule has 6 nitrogen and oxygen atoms in total. The van der Waals surface area contributed by atoms with Gasteiger partial charge in [0.2, 0.25) is 0 Å². The molecule has 0 rings (SSSR count). The van der Waals surface area contributed by atoms with Gasteiger partial charge < -0.3 is 30.3 Å². The van der Waals surface area contributed by atoms with E-state index in [0.717, 1.165) is 96.3 Å². The number of ether oxygens (including phenoxy) is 1. The van der Waals surface area contributed by atoms with Gasteiger partial charge in [-0.3, -0.25) is 0 Å². The third-order valence-electron chi connectivity index (χ3n) is 9.53. The van der Waals surface area contributed by atoms with Crippen molar-refractivity contribution < 1.29 is 30.3 Å². The zero-order valence-corrected chi connectivity index (χ0v) is 31.7. The quantitative estimate of drug-likeness (QED) is 0.0263. The second-order valence-electron chi connectivity index (χ2n) is 13.9. The largest absolute Gasteiger partial charge is 0.492 e. The molecular weight excluding hydrogens is 600 g/mol. The molecule has 0 spiro atoms. The van der Waals surface area contributed by atoms with Crippen LogP contribution in [0.15, 0.2) is 48.8 Å². The number of hydrogen-bond donors (Lipinski definition) is 5. The molecule has 0 amide bonds. The minimum absolute atomic E-state index is 0.603. The molecule has 5 N–H and O–H groups in total. The van der Waals surface area contributed by atoms with E-state index in [1.54, 1.807) is 12.2 Å². The monoisotopic (exact) mass is 679 g/mol. The SMILES string of the molecule is CCCCCCCC=COC(CO)C(O)(C=CCCCCCCC)C(O)(C=CCCCCCCC)C(O)(C=CCCCCCCC)CO. The summed E-state index contributed by atoms with van der Waals surface area (Å²) in [5, 5.41) is 58.5. The lowest BCUT2D eigenvalue weighted by molar-refractivity contribution is -0.230. The number of rotatable bonds is 34. The van der Waals surface area contributed by atoms with Gasteiger partial charge in [0, 0.05) is 0 Å². The molecule has 0 aliphatic heterocycles. The second kappa shape index (κ2) is 30.4. The van der Waals surface area contributed by atoms with Gasteiger partial charge >= 0.3 is 0 Å². The summed E-state index contributed by atoms with van der Waals surface area (Å²) in [7, 11) is 0. The predicted molar refractivity (Wildman–Crippen MR) is 204 cm³/mol. The number of aliphatic hydroxyl groups is 5. The van der Waals surface area contributed by atoms with E-state index >= 15 is 0 Å². The van der Waals surface area contributed by atoms with Crippen molar-refractivity contribution in [1.29, 1.82) is 0 Å². The standard InChI is InChI=1S/C42H78O6/c1-5-9-13-17-21-25-29-33-40(45,38-44)42(47,35-31-27-23-19-15-11-7-3)41(46,34-30-26-22-18-14-10-6-2)39(37-43)48-36-32-28-24-20-16-12-8-4/h29-36,39,43-47H,5-28,37-38H2,1-4H3. The Balaban J connectivity index is 6.49. The molecule has 0 heterocycles. The van der Waals surface area contributed by atoms with Crippen LogP contribution in [-0.4, -0.2) is 61.7 Å². The van der Waals surface area contributed by atoms with Crippen LogP contribution in [0.25, 0.3) is 0 Å². The number of aliphatic hydroxyl groups excluding tert-OH is 2. The van der Waals surface area contributed by atoms with Gasteiger partial charge in [-0.05, 0) is 63.5 Å². The van der Waals surface area contributed by atoms with Crippen LogP contribution in [0.4, 0.5) is 0 Å². The average Bonchev–Trinajstić information content (AvgIpc) is 3.09.